The lowest BCUT2D eigenvalue weighted by molar-refractivity contribution is 0.211. The number of hydrogen-bond donors (Lipinski definition) is 3. The van der Waals surface area contributed by atoms with Gasteiger partial charge in [0.2, 0.25) is 0 Å². The Balaban J connectivity index is 1.70. The molecule has 1 heterocycles. The summed E-state index contributed by atoms with van der Waals surface area (Å²) in [5, 5.41) is 15.4. The number of rotatable bonds is 7. The van der Waals surface area contributed by atoms with Gasteiger partial charge < -0.3 is 20.6 Å². The van der Waals surface area contributed by atoms with Crippen molar-refractivity contribution in [3.8, 4) is 0 Å². The summed E-state index contributed by atoms with van der Waals surface area (Å²) in [7, 11) is 4.16. The van der Waals surface area contributed by atoms with Crippen LogP contribution in [0.15, 0.2) is 24.4 Å². The van der Waals surface area contributed by atoms with E-state index >= 15 is 0 Å². The largest absolute Gasteiger partial charge is 0.396 e. The van der Waals surface area contributed by atoms with Gasteiger partial charge in [-0.15, -0.1) is 0 Å². The van der Waals surface area contributed by atoms with Crippen LogP contribution in [0.1, 0.15) is 25.0 Å². The number of amides is 2. The predicted octanol–water partition coefficient (Wildman–Crippen LogP) is 1.01. The first-order valence-corrected chi connectivity index (χ1v) is 8.30. The highest BCUT2D eigenvalue weighted by atomic mass is 16.3. The maximum atomic E-state index is 12.0. The molecule has 6 nitrogen and oxygen atoms in total. The SMILES string of the molecule is CN(C)C1CCC(NC(=O)NCC(CO)Cc2ccccn2)C1. The second-order valence-electron chi connectivity index (χ2n) is 6.56. The van der Waals surface area contributed by atoms with Crippen molar-refractivity contribution in [3.63, 3.8) is 0 Å². The summed E-state index contributed by atoms with van der Waals surface area (Å²) in [5.41, 5.74) is 0.929. The number of nitrogens with zero attached hydrogens (tertiary/aromatic N) is 2. The molecule has 0 radical (unpaired) electrons. The van der Waals surface area contributed by atoms with Crippen molar-refractivity contribution < 1.29 is 9.90 Å². The average molecular weight is 320 g/mol. The van der Waals surface area contributed by atoms with Crippen LogP contribution in [0.3, 0.4) is 0 Å². The Labute approximate surface area is 138 Å². The Morgan fingerprint density at radius 2 is 2.26 bits per heavy atom. The van der Waals surface area contributed by atoms with Gasteiger partial charge in [-0.1, -0.05) is 6.07 Å². The third kappa shape index (κ3) is 5.80. The number of carbonyl (C=O) groups excluding carboxylic acids is 1. The molecule has 1 saturated carbocycles. The van der Waals surface area contributed by atoms with E-state index in [1.807, 2.05) is 18.2 Å². The number of urea groups is 1. The minimum Gasteiger partial charge on any atom is -0.396 e. The van der Waals surface area contributed by atoms with E-state index < -0.39 is 0 Å². The molecular weight excluding hydrogens is 292 g/mol. The summed E-state index contributed by atoms with van der Waals surface area (Å²) in [5.74, 6) is -0.0197. The molecule has 23 heavy (non-hydrogen) atoms. The van der Waals surface area contributed by atoms with E-state index in [1.165, 1.54) is 0 Å². The van der Waals surface area contributed by atoms with Crippen LogP contribution in [0.4, 0.5) is 4.79 Å². The Kier molecular flexibility index (Phi) is 6.80. The number of hydrogen-bond acceptors (Lipinski definition) is 4. The second kappa shape index (κ2) is 8.84. The van der Waals surface area contributed by atoms with Crippen LogP contribution in [0.5, 0.6) is 0 Å². The molecule has 1 aliphatic carbocycles. The molecule has 3 unspecified atom stereocenters. The van der Waals surface area contributed by atoms with Crippen LogP contribution in [0.2, 0.25) is 0 Å². The molecule has 3 N–H and O–H groups in total. The van der Waals surface area contributed by atoms with Gasteiger partial charge in [-0.25, -0.2) is 4.79 Å². The molecule has 0 aromatic carbocycles. The van der Waals surface area contributed by atoms with Crippen LogP contribution in [-0.4, -0.2) is 60.4 Å². The van der Waals surface area contributed by atoms with E-state index in [1.54, 1.807) is 6.20 Å². The minimum atomic E-state index is -0.145. The molecule has 0 bridgehead atoms. The summed E-state index contributed by atoms with van der Waals surface area (Å²) in [6, 6.07) is 6.38. The highest BCUT2D eigenvalue weighted by molar-refractivity contribution is 5.74. The number of aliphatic hydroxyl groups excluding tert-OH is 1. The van der Waals surface area contributed by atoms with Crippen LogP contribution >= 0.6 is 0 Å². The zero-order valence-electron chi connectivity index (χ0n) is 14.0. The quantitative estimate of drug-likeness (QED) is 0.701. The Morgan fingerprint density at radius 3 is 2.87 bits per heavy atom. The first-order chi connectivity index (χ1) is 11.1. The molecule has 3 atom stereocenters. The van der Waals surface area contributed by atoms with Crippen molar-refractivity contribution in [2.24, 2.45) is 5.92 Å². The van der Waals surface area contributed by atoms with E-state index in [-0.39, 0.29) is 24.6 Å². The predicted molar refractivity (Wildman–Crippen MR) is 90.2 cm³/mol. The number of aromatic nitrogens is 1. The number of pyridine rings is 1. The second-order valence-corrected chi connectivity index (χ2v) is 6.56. The summed E-state index contributed by atoms with van der Waals surface area (Å²) in [4.78, 5) is 18.5. The van der Waals surface area contributed by atoms with Crippen LogP contribution in [0, 0.1) is 5.92 Å². The molecule has 0 saturated heterocycles. The monoisotopic (exact) mass is 320 g/mol. The lowest BCUT2D eigenvalue weighted by atomic mass is 10.0. The molecular formula is C17H28N4O2. The number of nitrogens with one attached hydrogen (secondary N) is 2. The van der Waals surface area contributed by atoms with Gasteiger partial charge >= 0.3 is 6.03 Å². The van der Waals surface area contributed by atoms with Gasteiger partial charge in [0, 0.05) is 43.0 Å². The van der Waals surface area contributed by atoms with Crippen molar-refractivity contribution in [2.75, 3.05) is 27.2 Å². The molecule has 0 spiro atoms. The number of aliphatic hydroxyl groups is 1. The van der Waals surface area contributed by atoms with E-state index in [4.69, 9.17) is 0 Å². The zero-order chi connectivity index (χ0) is 16.7. The van der Waals surface area contributed by atoms with Gasteiger partial charge in [0.25, 0.3) is 0 Å². The Morgan fingerprint density at radius 1 is 1.43 bits per heavy atom. The van der Waals surface area contributed by atoms with Gasteiger partial charge in [0.05, 0.1) is 0 Å². The molecule has 2 rings (SSSR count). The van der Waals surface area contributed by atoms with Crippen molar-refractivity contribution in [1.82, 2.24) is 20.5 Å². The van der Waals surface area contributed by atoms with Crippen molar-refractivity contribution in [1.29, 1.82) is 0 Å². The maximum absolute atomic E-state index is 12.0. The summed E-state index contributed by atoms with van der Waals surface area (Å²) < 4.78 is 0. The molecule has 1 aliphatic rings. The van der Waals surface area contributed by atoms with Crippen molar-refractivity contribution >= 4 is 6.03 Å². The molecule has 0 aliphatic heterocycles. The van der Waals surface area contributed by atoms with Crippen molar-refractivity contribution in [2.45, 2.75) is 37.8 Å². The van der Waals surface area contributed by atoms with Gasteiger partial charge in [-0.3, -0.25) is 4.98 Å². The zero-order valence-corrected chi connectivity index (χ0v) is 14.0. The minimum absolute atomic E-state index is 0.0197. The maximum Gasteiger partial charge on any atom is 0.315 e. The molecule has 128 valence electrons. The topological polar surface area (TPSA) is 77.5 Å². The normalized spacial score (nSPS) is 22.1. The fraction of sp³-hybridized carbons (Fsp3) is 0.647. The van der Waals surface area contributed by atoms with E-state index in [2.05, 4.69) is 34.6 Å². The van der Waals surface area contributed by atoms with E-state index in [0.717, 1.165) is 25.0 Å². The van der Waals surface area contributed by atoms with E-state index in [9.17, 15) is 9.90 Å². The molecule has 2 amide bonds. The van der Waals surface area contributed by atoms with Crippen LogP contribution in [0.25, 0.3) is 0 Å². The van der Waals surface area contributed by atoms with Gasteiger partial charge in [-0.05, 0) is 51.9 Å². The highest BCUT2D eigenvalue weighted by Gasteiger charge is 2.27. The molecule has 1 aromatic heterocycles. The standard InChI is InChI=1S/C17H28N4O2/c1-21(2)16-7-6-15(10-16)20-17(23)19-11-13(12-22)9-14-5-3-4-8-18-14/h3-5,8,13,15-16,22H,6-7,9-12H2,1-2H3,(H2,19,20,23). The summed E-state index contributed by atoms with van der Waals surface area (Å²) in [6.45, 7) is 0.478. The summed E-state index contributed by atoms with van der Waals surface area (Å²) in [6.07, 6.45) is 5.54. The Hall–Kier alpha value is -1.66. The smallest absolute Gasteiger partial charge is 0.315 e. The molecule has 6 heteroatoms. The Bertz CT molecular complexity index is 481. The summed E-state index contributed by atoms with van der Waals surface area (Å²) >= 11 is 0. The lowest BCUT2D eigenvalue weighted by Gasteiger charge is -2.20. The van der Waals surface area contributed by atoms with Gasteiger partial charge in [0.15, 0.2) is 0 Å². The van der Waals surface area contributed by atoms with Crippen molar-refractivity contribution in [3.05, 3.63) is 30.1 Å². The highest BCUT2D eigenvalue weighted by Crippen LogP contribution is 2.22. The number of carbonyl (C=O) groups is 1. The molecule has 1 aromatic rings. The molecule has 1 fully saturated rings. The van der Waals surface area contributed by atoms with Crippen LogP contribution < -0.4 is 10.6 Å². The third-order valence-electron chi connectivity index (χ3n) is 4.50. The fourth-order valence-corrected chi connectivity index (χ4v) is 3.05. The third-order valence-corrected chi connectivity index (χ3v) is 4.50. The first-order valence-electron chi connectivity index (χ1n) is 8.30. The lowest BCUT2D eigenvalue weighted by Crippen LogP contribution is -2.44. The average Bonchev–Trinajstić information content (AvgIpc) is 3.01. The van der Waals surface area contributed by atoms with Gasteiger partial charge in [-0.2, -0.15) is 0 Å². The first kappa shape index (κ1) is 17.7. The van der Waals surface area contributed by atoms with Gasteiger partial charge in [0.1, 0.15) is 0 Å². The fourth-order valence-electron chi connectivity index (χ4n) is 3.05. The van der Waals surface area contributed by atoms with E-state index in [0.29, 0.717) is 19.0 Å². The van der Waals surface area contributed by atoms with Crippen LogP contribution in [-0.2, 0) is 6.42 Å².